The van der Waals surface area contributed by atoms with Crippen molar-refractivity contribution in [2.75, 3.05) is 0 Å². The Morgan fingerprint density at radius 3 is 2.71 bits per heavy atom. The Morgan fingerprint density at radius 2 is 2.03 bits per heavy atom. The second kappa shape index (κ2) is 9.39. The van der Waals surface area contributed by atoms with Crippen LogP contribution in [0.1, 0.15) is 98.8 Å². The van der Waals surface area contributed by atoms with E-state index in [0.717, 1.165) is 37.5 Å². The number of rotatable bonds is 7. The molecule has 0 aliphatic heterocycles. The van der Waals surface area contributed by atoms with Crippen LogP contribution in [0.2, 0.25) is 0 Å². The maximum Gasteiger partial charge on any atom is 0.330 e. The number of carbonyl (C=O) groups excluding carboxylic acids is 1. The molecule has 0 heterocycles. The largest absolute Gasteiger partial charge is 0.459 e. The first-order chi connectivity index (χ1) is 15.9. The Morgan fingerprint density at radius 1 is 1.29 bits per heavy atom. The number of ether oxygens (including phenoxy) is 1. The van der Waals surface area contributed by atoms with E-state index in [1.54, 1.807) is 0 Å². The van der Waals surface area contributed by atoms with Crippen molar-refractivity contribution >= 4 is 5.97 Å². The molecule has 4 aliphatic carbocycles. The number of carbonyl (C=O) groups is 1. The van der Waals surface area contributed by atoms with E-state index >= 15 is 0 Å². The second-order valence-electron chi connectivity index (χ2n) is 13.3. The van der Waals surface area contributed by atoms with Gasteiger partial charge >= 0.3 is 5.97 Å². The maximum absolute atomic E-state index is 11.8. The Balaban J connectivity index is 1.48. The van der Waals surface area contributed by atoms with E-state index in [1.807, 2.05) is 13.8 Å². The van der Waals surface area contributed by atoms with Crippen LogP contribution in [0.15, 0.2) is 24.3 Å². The van der Waals surface area contributed by atoms with Gasteiger partial charge in [-0.1, -0.05) is 51.8 Å². The molecule has 3 saturated carbocycles. The van der Waals surface area contributed by atoms with Crippen LogP contribution in [0, 0.1) is 40.4 Å². The van der Waals surface area contributed by atoms with E-state index in [0.29, 0.717) is 29.6 Å². The van der Waals surface area contributed by atoms with Crippen LogP contribution in [0.25, 0.3) is 0 Å². The van der Waals surface area contributed by atoms with Crippen molar-refractivity contribution in [3.8, 4) is 0 Å². The molecule has 4 nitrogen and oxygen atoms in total. The summed E-state index contributed by atoms with van der Waals surface area (Å²) in [6.07, 6.45) is 13.5. The van der Waals surface area contributed by atoms with Crippen molar-refractivity contribution in [1.29, 1.82) is 0 Å². The fraction of sp³-hybridized carbons (Fsp3) is 0.833. The number of esters is 1. The van der Waals surface area contributed by atoms with Gasteiger partial charge in [0.2, 0.25) is 0 Å². The normalized spacial score (nSPS) is 42.6. The van der Waals surface area contributed by atoms with Crippen molar-refractivity contribution in [3.05, 3.63) is 24.3 Å². The molecule has 192 valence electrons. The fourth-order valence-electron chi connectivity index (χ4n) is 9.02. The molecule has 2 N–H and O–H groups in total. The highest BCUT2D eigenvalue weighted by Gasteiger charge is 2.61. The third kappa shape index (κ3) is 4.54. The summed E-state index contributed by atoms with van der Waals surface area (Å²) in [6.45, 7) is 14.7. The molecule has 0 aromatic heterocycles. The predicted molar refractivity (Wildman–Crippen MR) is 136 cm³/mol. The van der Waals surface area contributed by atoms with E-state index in [4.69, 9.17) is 4.74 Å². The summed E-state index contributed by atoms with van der Waals surface area (Å²) in [5, 5.41) is 21.5. The van der Waals surface area contributed by atoms with E-state index < -0.39 is 17.7 Å². The number of hydrogen-bond donors (Lipinski definition) is 2. The Hall–Kier alpha value is -1.13. The SMILES string of the molecule is C=CC(=O)O[C@H]1CC2=CC[C@H]3[C@@H]4CC[C@H]([C@H](C)CCCC(C)(C)O)[C@@]4(C)CC[C@@H]3[C@@]2(C)C(O)C1. The van der Waals surface area contributed by atoms with Gasteiger partial charge in [0.1, 0.15) is 6.10 Å². The number of fused-ring (bicyclic) bond motifs is 5. The van der Waals surface area contributed by atoms with Crippen LogP contribution in [0.5, 0.6) is 0 Å². The lowest BCUT2D eigenvalue weighted by Gasteiger charge is -2.59. The fourth-order valence-corrected chi connectivity index (χ4v) is 9.02. The zero-order valence-electron chi connectivity index (χ0n) is 22.2. The van der Waals surface area contributed by atoms with Crippen molar-refractivity contribution in [2.24, 2.45) is 40.4 Å². The van der Waals surface area contributed by atoms with Gasteiger partial charge in [-0.3, -0.25) is 0 Å². The zero-order valence-corrected chi connectivity index (χ0v) is 22.2. The third-order valence-electron chi connectivity index (χ3n) is 10.8. The molecule has 9 atom stereocenters. The smallest absolute Gasteiger partial charge is 0.330 e. The standard InChI is InChI=1S/C30H48O4/c1-7-27(32)34-21-17-20-10-11-22-24-13-12-23(19(2)9-8-15-28(3,4)33)29(24,5)16-14-25(22)30(20,6)26(31)18-21/h7,10,19,21-26,31,33H,1,8-9,11-18H2,2-6H3/t19-,21+,22+,23-,24+,25+,26?,29-,30+/m1/s1. The number of hydrogen-bond acceptors (Lipinski definition) is 4. The van der Waals surface area contributed by atoms with Gasteiger partial charge in [-0.05, 0) is 87.4 Å². The quantitative estimate of drug-likeness (QED) is 0.263. The van der Waals surface area contributed by atoms with E-state index in [-0.39, 0.29) is 11.5 Å². The summed E-state index contributed by atoms with van der Waals surface area (Å²) in [6, 6.07) is 0. The summed E-state index contributed by atoms with van der Waals surface area (Å²) in [7, 11) is 0. The average Bonchev–Trinajstić information content (AvgIpc) is 3.11. The van der Waals surface area contributed by atoms with Crippen LogP contribution in [0.3, 0.4) is 0 Å². The summed E-state index contributed by atoms with van der Waals surface area (Å²) < 4.78 is 5.55. The van der Waals surface area contributed by atoms with E-state index in [9.17, 15) is 15.0 Å². The molecule has 1 unspecified atom stereocenters. The highest BCUT2D eigenvalue weighted by Crippen LogP contribution is 2.67. The van der Waals surface area contributed by atoms with Crippen molar-refractivity contribution < 1.29 is 19.7 Å². The van der Waals surface area contributed by atoms with Crippen LogP contribution >= 0.6 is 0 Å². The molecular formula is C30H48O4. The zero-order chi connectivity index (χ0) is 24.9. The van der Waals surface area contributed by atoms with Gasteiger partial charge in [-0.25, -0.2) is 4.79 Å². The molecule has 4 heteroatoms. The molecular weight excluding hydrogens is 424 g/mol. The highest BCUT2D eigenvalue weighted by molar-refractivity contribution is 5.81. The van der Waals surface area contributed by atoms with Gasteiger partial charge in [0.05, 0.1) is 11.7 Å². The van der Waals surface area contributed by atoms with E-state index in [2.05, 4.69) is 33.4 Å². The molecule has 4 aliphatic rings. The lowest BCUT2D eigenvalue weighted by Crippen LogP contribution is -2.56. The minimum absolute atomic E-state index is 0.197. The molecule has 0 amide bonds. The van der Waals surface area contributed by atoms with Gasteiger partial charge in [0, 0.05) is 24.3 Å². The molecule has 4 rings (SSSR count). The van der Waals surface area contributed by atoms with Crippen LogP contribution in [-0.2, 0) is 9.53 Å². The van der Waals surface area contributed by atoms with Crippen LogP contribution in [0.4, 0.5) is 0 Å². The minimum atomic E-state index is -0.564. The van der Waals surface area contributed by atoms with Crippen molar-refractivity contribution in [2.45, 2.75) is 117 Å². The van der Waals surface area contributed by atoms with Crippen LogP contribution in [-0.4, -0.2) is 34.0 Å². The first-order valence-corrected chi connectivity index (χ1v) is 13.8. The van der Waals surface area contributed by atoms with Crippen molar-refractivity contribution in [3.63, 3.8) is 0 Å². The van der Waals surface area contributed by atoms with Gasteiger partial charge in [0.15, 0.2) is 0 Å². The monoisotopic (exact) mass is 472 g/mol. The molecule has 34 heavy (non-hydrogen) atoms. The molecule has 0 bridgehead atoms. The lowest BCUT2D eigenvalue weighted by atomic mass is 9.46. The van der Waals surface area contributed by atoms with Gasteiger partial charge in [-0.2, -0.15) is 0 Å². The van der Waals surface area contributed by atoms with Crippen LogP contribution < -0.4 is 0 Å². The highest BCUT2D eigenvalue weighted by atomic mass is 16.5. The molecule has 0 radical (unpaired) electrons. The molecule has 0 aromatic rings. The third-order valence-corrected chi connectivity index (χ3v) is 10.8. The summed E-state index contributed by atoms with van der Waals surface area (Å²) >= 11 is 0. The number of aliphatic hydroxyl groups is 2. The predicted octanol–water partition coefficient (Wildman–Crippen LogP) is 6.21. The van der Waals surface area contributed by atoms with Gasteiger partial charge < -0.3 is 14.9 Å². The Labute approximate surface area is 207 Å². The first kappa shape index (κ1) is 25.9. The number of aliphatic hydroxyl groups excluding tert-OH is 1. The first-order valence-electron chi connectivity index (χ1n) is 13.8. The molecule has 0 saturated heterocycles. The summed E-state index contributed by atoms with van der Waals surface area (Å²) in [5.41, 5.74) is 0.939. The second-order valence-corrected chi connectivity index (χ2v) is 13.3. The van der Waals surface area contributed by atoms with Gasteiger partial charge in [0.25, 0.3) is 0 Å². The lowest BCUT2D eigenvalue weighted by molar-refractivity contribution is -0.151. The topological polar surface area (TPSA) is 66.8 Å². The maximum atomic E-state index is 11.8. The minimum Gasteiger partial charge on any atom is -0.459 e. The van der Waals surface area contributed by atoms with Gasteiger partial charge in [-0.15, -0.1) is 0 Å². The molecule has 0 aromatic carbocycles. The molecule has 3 fully saturated rings. The summed E-state index contributed by atoms with van der Waals surface area (Å²) in [5.74, 6) is 2.95. The summed E-state index contributed by atoms with van der Waals surface area (Å²) in [4.78, 5) is 11.8. The van der Waals surface area contributed by atoms with E-state index in [1.165, 1.54) is 43.8 Å². The Kier molecular flexibility index (Phi) is 7.17. The number of allylic oxidation sites excluding steroid dienone is 1. The Bertz CT molecular complexity index is 809. The average molecular weight is 473 g/mol. The van der Waals surface area contributed by atoms with Crippen molar-refractivity contribution in [1.82, 2.24) is 0 Å². The molecule has 0 spiro atoms.